The molecule has 0 aliphatic heterocycles. The third kappa shape index (κ3) is 5.88. The Hall–Kier alpha value is -2.03. The molecule has 0 aliphatic rings. The molecular weight excluding hydrogens is 352 g/mol. The Balaban J connectivity index is 0.00000288. The number of non-ortho nitro benzene ring substituents is 1. The Bertz CT molecular complexity index is 676. The fraction of sp³-hybridized carbons (Fsp3) is 0.333. The summed E-state index contributed by atoms with van der Waals surface area (Å²) in [5.74, 6) is -0.184. The minimum atomic E-state index is -0.409. The monoisotopic (exact) mass is 370 g/mol. The highest BCUT2D eigenvalue weighted by Gasteiger charge is 2.09. The number of nitro benzene ring substituents is 1. The minimum Gasteiger partial charge on any atom is -0.351 e. The molecule has 2 rings (SSSR count). The number of halogens is 1. The number of hydrogen-bond donors (Lipinski definition) is 2. The summed E-state index contributed by atoms with van der Waals surface area (Å²) >= 11 is 1.38. The van der Waals surface area contributed by atoms with Crippen LogP contribution in [0.1, 0.15) is 33.9 Å². The van der Waals surface area contributed by atoms with Crippen molar-refractivity contribution >= 4 is 35.3 Å². The van der Waals surface area contributed by atoms with Crippen LogP contribution in [0.5, 0.6) is 0 Å². The normalized spacial score (nSPS) is 10.0. The highest BCUT2D eigenvalue weighted by molar-refractivity contribution is 7.09. The second-order valence-electron chi connectivity index (χ2n) is 4.97. The molecule has 1 aromatic carbocycles. The molecule has 0 spiro atoms. The lowest BCUT2D eigenvalue weighted by Crippen LogP contribution is -2.24. The van der Waals surface area contributed by atoms with Crippen LogP contribution in [0.25, 0.3) is 0 Å². The summed E-state index contributed by atoms with van der Waals surface area (Å²) in [7, 11) is 0. The summed E-state index contributed by atoms with van der Waals surface area (Å²) in [5, 5.41) is 15.8. The summed E-state index contributed by atoms with van der Waals surface area (Å²) in [5.41, 5.74) is 7.02. The van der Waals surface area contributed by atoms with Gasteiger partial charge in [-0.15, -0.1) is 23.7 Å². The van der Waals surface area contributed by atoms with Crippen molar-refractivity contribution in [3.8, 4) is 0 Å². The third-order valence-electron chi connectivity index (χ3n) is 3.28. The first-order valence-corrected chi connectivity index (χ1v) is 8.14. The van der Waals surface area contributed by atoms with Crippen molar-refractivity contribution in [3.63, 3.8) is 0 Å². The molecule has 0 atom stereocenters. The maximum Gasteiger partial charge on any atom is 0.270 e. The van der Waals surface area contributed by atoms with Crippen LogP contribution in [0.2, 0.25) is 0 Å². The number of carbonyl (C=O) groups is 1. The van der Waals surface area contributed by atoms with Crippen molar-refractivity contribution in [3.05, 3.63) is 56.0 Å². The fourth-order valence-electron chi connectivity index (χ4n) is 2.04. The van der Waals surface area contributed by atoms with E-state index >= 15 is 0 Å². The highest BCUT2D eigenvalue weighted by atomic mass is 35.5. The predicted molar refractivity (Wildman–Crippen MR) is 95.6 cm³/mol. The molecule has 0 bridgehead atoms. The number of hydrogen-bond acceptors (Lipinski definition) is 6. The molecule has 0 fully saturated rings. The van der Waals surface area contributed by atoms with Crippen LogP contribution < -0.4 is 11.1 Å². The molecule has 1 aromatic heterocycles. The van der Waals surface area contributed by atoms with Gasteiger partial charge in [0.2, 0.25) is 0 Å². The zero-order chi connectivity index (χ0) is 16.7. The molecule has 0 saturated heterocycles. The SMILES string of the molecule is Cl.NCc1nc(C(=O)NCCCCc2ccc([N+](=O)[O-])cc2)cs1. The quantitative estimate of drug-likeness (QED) is 0.421. The van der Waals surface area contributed by atoms with Gasteiger partial charge in [0.05, 0.1) is 4.92 Å². The van der Waals surface area contributed by atoms with Gasteiger partial charge in [-0.2, -0.15) is 0 Å². The standard InChI is InChI=1S/C15H18N4O3S.ClH/c16-9-14-18-13(10-23-14)15(20)17-8-2-1-3-11-4-6-12(7-5-11)19(21)22;/h4-7,10H,1-3,8-9,16H2,(H,17,20);1H. The summed E-state index contributed by atoms with van der Waals surface area (Å²) in [6, 6.07) is 6.55. The van der Waals surface area contributed by atoms with Crippen LogP contribution in [-0.4, -0.2) is 22.4 Å². The van der Waals surface area contributed by atoms with Crippen molar-refractivity contribution in [1.29, 1.82) is 0 Å². The Morgan fingerprint density at radius 3 is 2.58 bits per heavy atom. The number of amides is 1. The average Bonchev–Trinajstić information content (AvgIpc) is 3.04. The first kappa shape index (κ1) is 20.0. The van der Waals surface area contributed by atoms with E-state index in [1.807, 2.05) is 0 Å². The van der Waals surface area contributed by atoms with Gasteiger partial charge in [0.15, 0.2) is 0 Å². The van der Waals surface area contributed by atoms with Gasteiger partial charge in [0.1, 0.15) is 10.7 Å². The van der Waals surface area contributed by atoms with E-state index in [-0.39, 0.29) is 24.0 Å². The van der Waals surface area contributed by atoms with Crippen molar-refractivity contribution in [2.24, 2.45) is 5.73 Å². The number of nitrogens with one attached hydrogen (secondary N) is 1. The van der Waals surface area contributed by atoms with Gasteiger partial charge in [-0.3, -0.25) is 14.9 Å². The van der Waals surface area contributed by atoms with E-state index in [4.69, 9.17) is 5.73 Å². The lowest BCUT2D eigenvalue weighted by molar-refractivity contribution is -0.384. The lowest BCUT2D eigenvalue weighted by atomic mass is 10.1. The van der Waals surface area contributed by atoms with E-state index in [9.17, 15) is 14.9 Å². The second kappa shape index (κ2) is 9.96. The van der Waals surface area contributed by atoms with Crippen molar-refractivity contribution in [2.45, 2.75) is 25.8 Å². The summed E-state index contributed by atoms with van der Waals surface area (Å²) in [4.78, 5) is 26.1. The number of rotatable bonds is 8. The number of carbonyl (C=O) groups excluding carboxylic acids is 1. The topological polar surface area (TPSA) is 111 Å². The van der Waals surface area contributed by atoms with Gasteiger partial charge in [0.25, 0.3) is 11.6 Å². The largest absolute Gasteiger partial charge is 0.351 e. The Kier molecular flexibility index (Phi) is 8.31. The number of benzene rings is 1. The number of unbranched alkanes of at least 4 members (excludes halogenated alkanes) is 1. The fourth-order valence-corrected chi connectivity index (χ4v) is 2.69. The molecule has 1 heterocycles. The molecule has 130 valence electrons. The van der Waals surface area contributed by atoms with E-state index < -0.39 is 4.92 Å². The van der Waals surface area contributed by atoms with Gasteiger partial charge in [0, 0.05) is 30.6 Å². The summed E-state index contributed by atoms with van der Waals surface area (Å²) in [6.07, 6.45) is 2.54. The Labute approximate surface area is 149 Å². The maximum absolute atomic E-state index is 11.8. The van der Waals surface area contributed by atoms with E-state index in [0.29, 0.717) is 18.8 Å². The molecule has 0 unspecified atom stereocenters. The molecule has 1 amide bonds. The van der Waals surface area contributed by atoms with E-state index in [2.05, 4.69) is 10.3 Å². The van der Waals surface area contributed by atoms with Gasteiger partial charge in [-0.25, -0.2) is 4.98 Å². The van der Waals surface area contributed by atoms with Crippen molar-refractivity contribution < 1.29 is 9.72 Å². The molecule has 0 saturated carbocycles. The molecule has 0 aliphatic carbocycles. The average molecular weight is 371 g/mol. The van der Waals surface area contributed by atoms with Gasteiger partial charge < -0.3 is 11.1 Å². The molecule has 9 heteroatoms. The summed E-state index contributed by atoms with van der Waals surface area (Å²) < 4.78 is 0. The number of nitrogens with zero attached hydrogens (tertiary/aromatic N) is 2. The molecule has 2 aromatic rings. The third-order valence-corrected chi connectivity index (χ3v) is 4.16. The molecule has 3 N–H and O–H groups in total. The van der Waals surface area contributed by atoms with E-state index in [0.717, 1.165) is 29.8 Å². The van der Waals surface area contributed by atoms with Crippen LogP contribution in [0, 0.1) is 10.1 Å². The maximum atomic E-state index is 11.8. The predicted octanol–water partition coefficient (Wildman–Crippen LogP) is 2.68. The molecular formula is C15H19ClN4O3S. The Morgan fingerprint density at radius 1 is 1.29 bits per heavy atom. The zero-order valence-corrected chi connectivity index (χ0v) is 14.6. The molecule has 0 radical (unpaired) electrons. The van der Waals surface area contributed by atoms with Gasteiger partial charge >= 0.3 is 0 Å². The van der Waals surface area contributed by atoms with Crippen LogP contribution in [-0.2, 0) is 13.0 Å². The number of thiazole rings is 1. The van der Waals surface area contributed by atoms with Gasteiger partial charge in [-0.05, 0) is 24.8 Å². The molecule has 24 heavy (non-hydrogen) atoms. The van der Waals surface area contributed by atoms with Crippen LogP contribution in [0.4, 0.5) is 5.69 Å². The Morgan fingerprint density at radius 2 is 2.00 bits per heavy atom. The van der Waals surface area contributed by atoms with Crippen LogP contribution in [0.3, 0.4) is 0 Å². The van der Waals surface area contributed by atoms with Crippen molar-refractivity contribution in [1.82, 2.24) is 10.3 Å². The smallest absolute Gasteiger partial charge is 0.270 e. The van der Waals surface area contributed by atoms with Crippen molar-refractivity contribution in [2.75, 3.05) is 6.54 Å². The highest BCUT2D eigenvalue weighted by Crippen LogP contribution is 2.13. The summed E-state index contributed by atoms with van der Waals surface area (Å²) in [6.45, 7) is 0.911. The minimum absolute atomic E-state index is 0. The second-order valence-corrected chi connectivity index (χ2v) is 5.91. The lowest BCUT2D eigenvalue weighted by Gasteiger charge is -2.04. The zero-order valence-electron chi connectivity index (χ0n) is 12.9. The van der Waals surface area contributed by atoms with Crippen LogP contribution >= 0.6 is 23.7 Å². The van der Waals surface area contributed by atoms with Gasteiger partial charge in [-0.1, -0.05) is 12.1 Å². The number of aryl methyl sites for hydroxylation is 1. The van der Waals surface area contributed by atoms with Crippen LogP contribution in [0.15, 0.2) is 29.6 Å². The first-order chi connectivity index (χ1) is 11.1. The molecule has 7 nitrogen and oxygen atoms in total. The van der Waals surface area contributed by atoms with E-state index in [1.54, 1.807) is 17.5 Å². The number of nitro groups is 1. The first-order valence-electron chi connectivity index (χ1n) is 7.26. The number of aromatic nitrogens is 1. The van der Waals surface area contributed by atoms with E-state index in [1.165, 1.54) is 23.5 Å². The number of nitrogens with two attached hydrogens (primary N) is 1.